The third-order valence-electron chi connectivity index (χ3n) is 4.35. The number of likely N-dealkylation sites (N-methyl/N-ethyl adjacent to an activating group) is 1. The minimum atomic E-state index is -0.142. The molecule has 1 saturated heterocycles. The lowest BCUT2D eigenvalue weighted by Gasteiger charge is -2.20. The number of carbonyl (C=O) groups excluding carboxylic acids is 1. The van der Waals surface area contributed by atoms with Crippen LogP contribution < -0.4 is 10.9 Å². The molecule has 2 aromatic rings. The van der Waals surface area contributed by atoms with E-state index in [1.165, 1.54) is 0 Å². The average molecular weight is 312 g/mol. The number of amides is 1. The molecule has 1 aliphatic heterocycles. The molecule has 2 N–H and O–H groups in total. The Morgan fingerprint density at radius 2 is 2.09 bits per heavy atom. The van der Waals surface area contributed by atoms with E-state index in [0.717, 1.165) is 35.9 Å². The Kier molecular flexibility index (Phi) is 4.88. The molecule has 3 rings (SSSR count). The monoisotopic (exact) mass is 312 g/mol. The highest BCUT2D eigenvalue weighted by molar-refractivity contribution is 5.82. The topological polar surface area (TPSA) is 57.3 Å². The summed E-state index contributed by atoms with van der Waals surface area (Å²) >= 11 is 0. The second kappa shape index (κ2) is 7.06. The van der Waals surface area contributed by atoms with Crippen LogP contribution in [0, 0.1) is 0 Å². The zero-order valence-electron chi connectivity index (χ0n) is 13.7. The van der Waals surface area contributed by atoms with Crippen molar-refractivity contribution in [3.8, 4) is 0 Å². The predicted molar refractivity (Wildman–Crippen MR) is 91.6 cm³/mol. The molecule has 1 aromatic heterocycles. The number of aromatic nitrogens is 1. The number of benzene rings is 1. The quantitative estimate of drug-likeness (QED) is 0.889. The molecule has 2 atom stereocenters. The summed E-state index contributed by atoms with van der Waals surface area (Å²) in [7, 11) is 1.84. The van der Waals surface area contributed by atoms with Gasteiger partial charge in [-0.1, -0.05) is 37.6 Å². The summed E-state index contributed by atoms with van der Waals surface area (Å²) in [6, 6.07) is 12.3. The molecule has 0 aliphatic carbocycles. The van der Waals surface area contributed by atoms with Crippen LogP contribution in [0.3, 0.4) is 0 Å². The maximum Gasteiger partial charge on any atom is 0.241 e. The number of hydrogen-bond donors (Lipinski definition) is 2. The van der Waals surface area contributed by atoms with Gasteiger partial charge in [-0.3, -0.25) is 15.2 Å². The molecule has 0 bridgehead atoms. The van der Waals surface area contributed by atoms with E-state index in [2.05, 4.69) is 28.8 Å². The van der Waals surface area contributed by atoms with Crippen molar-refractivity contribution in [2.45, 2.75) is 44.8 Å². The van der Waals surface area contributed by atoms with Crippen LogP contribution in [-0.4, -0.2) is 34.9 Å². The normalized spacial score (nSPS) is 20.8. The molecule has 0 saturated carbocycles. The van der Waals surface area contributed by atoms with Gasteiger partial charge in [-0.15, -0.1) is 0 Å². The molecule has 1 amide bonds. The van der Waals surface area contributed by atoms with Crippen molar-refractivity contribution in [3.05, 3.63) is 42.1 Å². The Labute approximate surface area is 137 Å². The van der Waals surface area contributed by atoms with E-state index in [0.29, 0.717) is 12.6 Å². The summed E-state index contributed by atoms with van der Waals surface area (Å²) in [5, 5.41) is 1.12. The van der Waals surface area contributed by atoms with Gasteiger partial charge in [0.25, 0.3) is 0 Å². The van der Waals surface area contributed by atoms with Crippen molar-refractivity contribution in [2.24, 2.45) is 0 Å². The maximum atomic E-state index is 12.6. The second-order valence-electron chi connectivity index (χ2n) is 6.25. The van der Waals surface area contributed by atoms with E-state index in [4.69, 9.17) is 0 Å². The van der Waals surface area contributed by atoms with E-state index in [-0.39, 0.29) is 11.9 Å². The molecule has 5 nitrogen and oxygen atoms in total. The zero-order chi connectivity index (χ0) is 16.2. The summed E-state index contributed by atoms with van der Waals surface area (Å²) in [4.78, 5) is 19.0. The Bertz CT molecular complexity index is 688. The molecule has 0 radical (unpaired) electrons. The highest BCUT2D eigenvalue weighted by Gasteiger charge is 2.30. The number of pyridine rings is 1. The number of rotatable bonds is 5. The van der Waals surface area contributed by atoms with Gasteiger partial charge >= 0.3 is 0 Å². The van der Waals surface area contributed by atoms with Crippen LogP contribution in [0.25, 0.3) is 10.9 Å². The molecule has 1 aliphatic rings. The highest BCUT2D eigenvalue weighted by atomic mass is 16.2. The lowest BCUT2D eigenvalue weighted by Crippen LogP contribution is -2.44. The summed E-state index contributed by atoms with van der Waals surface area (Å²) in [5.74, 6) is 0.117. The number of fused-ring (bicyclic) bond motifs is 1. The highest BCUT2D eigenvalue weighted by Crippen LogP contribution is 2.15. The largest absolute Gasteiger partial charge is 0.338 e. The van der Waals surface area contributed by atoms with E-state index in [9.17, 15) is 4.79 Å². The third kappa shape index (κ3) is 3.68. The van der Waals surface area contributed by atoms with Gasteiger partial charge < -0.3 is 4.90 Å². The van der Waals surface area contributed by atoms with Crippen molar-refractivity contribution >= 4 is 16.8 Å². The van der Waals surface area contributed by atoms with Crippen LogP contribution in [-0.2, 0) is 11.3 Å². The fraction of sp³-hybridized carbons (Fsp3) is 0.444. The first kappa shape index (κ1) is 15.9. The molecule has 2 heterocycles. The Balaban J connectivity index is 1.63. The van der Waals surface area contributed by atoms with Crippen molar-refractivity contribution in [3.63, 3.8) is 0 Å². The molecule has 122 valence electrons. The van der Waals surface area contributed by atoms with Crippen LogP contribution in [0.5, 0.6) is 0 Å². The van der Waals surface area contributed by atoms with E-state index in [1.807, 2.05) is 37.4 Å². The summed E-state index contributed by atoms with van der Waals surface area (Å²) in [5.41, 5.74) is 8.22. The van der Waals surface area contributed by atoms with E-state index in [1.54, 1.807) is 4.90 Å². The van der Waals surface area contributed by atoms with Crippen molar-refractivity contribution < 1.29 is 4.79 Å². The van der Waals surface area contributed by atoms with Gasteiger partial charge in [-0.25, -0.2) is 5.43 Å². The summed E-state index contributed by atoms with van der Waals surface area (Å²) < 4.78 is 0. The summed E-state index contributed by atoms with van der Waals surface area (Å²) in [6.45, 7) is 2.69. The molecular formula is C18H24N4O. The number of nitrogens with one attached hydrogen (secondary N) is 2. The predicted octanol–water partition coefficient (Wildman–Crippen LogP) is 2.23. The molecule has 23 heavy (non-hydrogen) atoms. The SMILES string of the molecule is CCCC1CC(C(=O)N(C)Cc2ccc3ccccc3n2)NN1. The second-order valence-corrected chi connectivity index (χ2v) is 6.25. The van der Waals surface area contributed by atoms with Crippen LogP contribution in [0.1, 0.15) is 31.9 Å². The van der Waals surface area contributed by atoms with Crippen LogP contribution in [0.15, 0.2) is 36.4 Å². The minimum absolute atomic E-state index is 0.117. The number of carbonyl (C=O) groups is 1. The Morgan fingerprint density at radius 3 is 2.91 bits per heavy atom. The van der Waals surface area contributed by atoms with Crippen LogP contribution in [0.2, 0.25) is 0 Å². The number of nitrogens with zero attached hydrogens (tertiary/aromatic N) is 2. The van der Waals surface area contributed by atoms with E-state index >= 15 is 0 Å². The van der Waals surface area contributed by atoms with Crippen LogP contribution in [0.4, 0.5) is 0 Å². The number of para-hydroxylation sites is 1. The first-order valence-electron chi connectivity index (χ1n) is 8.28. The molecular weight excluding hydrogens is 288 g/mol. The fourth-order valence-electron chi connectivity index (χ4n) is 3.11. The van der Waals surface area contributed by atoms with Gasteiger partial charge in [0.2, 0.25) is 5.91 Å². The first-order valence-corrected chi connectivity index (χ1v) is 8.28. The molecule has 2 unspecified atom stereocenters. The van der Waals surface area contributed by atoms with Gasteiger partial charge in [0, 0.05) is 18.5 Å². The number of hydrazine groups is 1. The maximum absolute atomic E-state index is 12.6. The first-order chi connectivity index (χ1) is 11.2. The van der Waals surface area contributed by atoms with Gasteiger partial charge in [0.15, 0.2) is 0 Å². The minimum Gasteiger partial charge on any atom is -0.338 e. The van der Waals surface area contributed by atoms with Gasteiger partial charge in [-0.2, -0.15) is 0 Å². The van der Waals surface area contributed by atoms with Crippen LogP contribution >= 0.6 is 0 Å². The molecule has 1 fully saturated rings. The van der Waals surface area contributed by atoms with Gasteiger partial charge in [0.1, 0.15) is 6.04 Å². The third-order valence-corrected chi connectivity index (χ3v) is 4.35. The molecule has 1 aromatic carbocycles. The average Bonchev–Trinajstić information content (AvgIpc) is 3.03. The zero-order valence-corrected chi connectivity index (χ0v) is 13.7. The van der Waals surface area contributed by atoms with Gasteiger partial charge in [0.05, 0.1) is 17.8 Å². The lowest BCUT2D eigenvalue weighted by atomic mass is 10.1. The lowest BCUT2D eigenvalue weighted by molar-refractivity contribution is -0.132. The fourth-order valence-corrected chi connectivity index (χ4v) is 3.11. The standard InChI is InChI=1S/C18H24N4O/c1-3-6-14-11-17(21-20-14)18(23)22(2)12-15-10-9-13-7-4-5-8-16(13)19-15/h4-5,7-10,14,17,20-21H,3,6,11-12H2,1-2H3. The smallest absolute Gasteiger partial charge is 0.241 e. The van der Waals surface area contributed by atoms with E-state index < -0.39 is 0 Å². The van der Waals surface area contributed by atoms with Gasteiger partial charge in [-0.05, 0) is 25.0 Å². The molecule has 0 spiro atoms. The summed E-state index contributed by atoms with van der Waals surface area (Å²) in [6.07, 6.45) is 3.06. The Morgan fingerprint density at radius 1 is 1.26 bits per heavy atom. The number of hydrogen-bond acceptors (Lipinski definition) is 4. The Hall–Kier alpha value is -1.98. The van der Waals surface area contributed by atoms with Crippen molar-refractivity contribution in [1.29, 1.82) is 0 Å². The molecule has 5 heteroatoms. The van der Waals surface area contributed by atoms with Crippen molar-refractivity contribution in [2.75, 3.05) is 7.05 Å². The van der Waals surface area contributed by atoms with Crippen molar-refractivity contribution in [1.82, 2.24) is 20.7 Å².